The van der Waals surface area contributed by atoms with E-state index in [2.05, 4.69) is 16.1 Å². The van der Waals surface area contributed by atoms with Crippen LogP contribution in [-0.2, 0) is 14.3 Å². The van der Waals surface area contributed by atoms with Gasteiger partial charge in [0.15, 0.2) is 0 Å². The number of imide groups is 1. The van der Waals surface area contributed by atoms with E-state index in [0.29, 0.717) is 5.01 Å². The van der Waals surface area contributed by atoms with Gasteiger partial charge in [0.05, 0.1) is 11.1 Å². The molecule has 0 aromatic heterocycles. The molecule has 3 aromatic carbocycles. The van der Waals surface area contributed by atoms with Crippen LogP contribution in [0.25, 0.3) is 11.1 Å². The van der Waals surface area contributed by atoms with E-state index in [9.17, 15) is 24.0 Å². The molecule has 5 rings (SSSR count). The number of carbonyl (C=O) groups is 5. The minimum atomic E-state index is -1.18. The maximum atomic E-state index is 13.3. The first-order chi connectivity index (χ1) is 21.0. The molecule has 0 fully saturated rings. The van der Waals surface area contributed by atoms with Gasteiger partial charge in [0.1, 0.15) is 18.2 Å². The molecule has 3 aromatic rings. The highest BCUT2D eigenvalue weighted by Crippen LogP contribution is 2.44. The lowest BCUT2D eigenvalue weighted by Crippen LogP contribution is -2.54. The van der Waals surface area contributed by atoms with Gasteiger partial charge in [-0.05, 0) is 68.0 Å². The first kappa shape index (κ1) is 30.3. The van der Waals surface area contributed by atoms with Crippen LogP contribution in [0.4, 0.5) is 9.59 Å². The van der Waals surface area contributed by atoms with Crippen LogP contribution < -0.4 is 16.1 Å². The Labute approximate surface area is 254 Å². The Balaban J connectivity index is 1.24. The number of hydrogen-bond acceptors (Lipinski definition) is 7. The second-order valence-corrected chi connectivity index (χ2v) is 11.6. The smallest absolute Gasteiger partial charge is 0.407 e. The standard InChI is InChI=1S/C33H34N4O7/c1-33(2,3)44-31(41)34-18-10-17-27(28(38)36-37-29(39)24-15-8-9-16-25(24)30(37)40)35-32(42)43-19-26-22-13-6-4-11-20(22)21-12-5-7-14-23(21)26/h4-9,11-16,26-27H,10,17-19H2,1-3H3,(H,34,41)(H,35,42)(H,36,38)/t27-/m0/s1. The Hall–Kier alpha value is -5.19. The highest BCUT2D eigenvalue weighted by molar-refractivity contribution is 6.21. The average Bonchev–Trinajstić information content (AvgIpc) is 3.44. The van der Waals surface area contributed by atoms with Gasteiger partial charge in [-0.1, -0.05) is 60.7 Å². The molecule has 0 unspecified atom stereocenters. The van der Waals surface area contributed by atoms with Gasteiger partial charge in [-0.3, -0.25) is 19.8 Å². The lowest BCUT2D eigenvalue weighted by Gasteiger charge is -2.23. The average molecular weight is 599 g/mol. The number of hydrogen-bond donors (Lipinski definition) is 3. The van der Waals surface area contributed by atoms with Crippen molar-refractivity contribution in [1.82, 2.24) is 21.1 Å². The predicted molar refractivity (Wildman–Crippen MR) is 161 cm³/mol. The summed E-state index contributed by atoms with van der Waals surface area (Å²) in [5.74, 6) is -2.32. The molecule has 0 bridgehead atoms. The second kappa shape index (κ2) is 12.6. The van der Waals surface area contributed by atoms with E-state index in [1.54, 1.807) is 32.9 Å². The number of ether oxygens (including phenoxy) is 2. The molecule has 0 spiro atoms. The van der Waals surface area contributed by atoms with Crippen molar-refractivity contribution in [2.24, 2.45) is 0 Å². The lowest BCUT2D eigenvalue weighted by atomic mass is 9.98. The number of hydrazine groups is 1. The van der Waals surface area contributed by atoms with Crippen LogP contribution in [0.1, 0.15) is 71.4 Å². The molecule has 1 heterocycles. The fraction of sp³-hybridized carbons (Fsp3) is 0.303. The number of amides is 5. The van der Waals surface area contributed by atoms with E-state index in [1.807, 2.05) is 48.5 Å². The van der Waals surface area contributed by atoms with Crippen LogP contribution in [0.5, 0.6) is 0 Å². The third-order valence-corrected chi connectivity index (χ3v) is 7.31. The van der Waals surface area contributed by atoms with Crippen LogP contribution in [0, 0.1) is 0 Å². The predicted octanol–water partition coefficient (Wildman–Crippen LogP) is 4.53. The monoisotopic (exact) mass is 598 g/mol. The number of benzene rings is 3. The Kier molecular flexibility index (Phi) is 8.66. The molecule has 1 aliphatic carbocycles. The Morgan fingerprint density at radius 2 is 1.32 bits per heavy atom. The number of alkyl carbamates (subject to hydrolysis) is 2. The molecule has 0 saturated carbocycles. The summed E-state index contributed by atoms with van der Waals surface area (Å²) in [6.07, 6.45) is -1.12. The maximum Gasteiger partial charge on any atom is 0.407 e. The summed E-state index contributed by atoms with van der Waals surface area (Å²) in [7, 11) is 0. The Morgan fingerprint density at radius 1 is 0.795 bits per heavy atom. The van der Waals surface area contributed by atoms with E-state index in [-0.39, 0.29) is 43.0 Å². The van der Waals surface area contributed by atoms with E-state index < -0.39 is 41.6 Å². The fourth-order valence-electron chi connectivity index (χ4n) is 5.34. The van der Waals surface area contributed by atoms with Crippen molar-refractivity contribution in [1.29, 1.82) is 0 Å². The van der Waals surface area contributed by atoms with Crippen molar-refractivity contribution in [3.63, 3.8) is 0 Å². The van der Waals surface area contributed by atoms with Gasteiger partial charge < -0.3 is 20.1 Å². The van der Waals surface area contributed by atoms with Crippen molar-refractivity contribution in [3.8, 4) is 11.1 Å². The van der Waals surface area contributed by atoms with E-state index in [0.717, 1.165) is 22.3 Å². The summed E-state index contributed by atoms with van der Waals surface area (Å²) in [5.41, 5.74) is 6.23. The number of carbonyl (C=O) groups excluding carboxylic acids is 5. The zero-order valence-corrected chi connectivity index (χ0v) is 24.7. The first-order valence-corrected chi connectivity index (χ1v) is 14.4. The lowest BCUT2D eigenvalue weighted by molar-refractivity contribution is -0.126. The minimum Gasteiger partial charge on any atom is -0.449 e. The van der Waals surface area contributed by atoms with E-state index in [4.69, 9.17) is 9.47 Å². The van der Waals surface area contributed by atoms with E-state index in [1.165, 1.54) is 12.1 Å². The van der Waals surface area contributed by atoms with Crippen LogP contribution in [0.15, 0.2) is 72.8 Å². The Bertz CT molecular complexity index is 1530. The van der Waals surface area contributed by atoms with Gasteiger partial charge in [-0.25, -0.2) is 9.59 Å². The number of nitrogens with one attached hydrogen (secondary N) is 3. The first-order valence-electron chi connectivity index (χ1n) is 14.4. The van der Waals surface area contributed by atoms with Gasteiger partial charge in [0.25, 0.3) is 17.7 Å². The van der Waals surface area contributed by atoms with Crippen molar-refractivity contribution in [2.75, 3.05) is 13.2 Å². The molecule has 11 heteroatoms. The molecule has 5 amide bonds. The summed E-state index contributed by atoms with van der Waals surface area (Å²) in [6.45, 7) is 5.41. The van der Waals surface area contributed by atoms with Crippen molar-refractivity contribution in [3.05, 3.63) is 95.1 Å². The Morgan fingerprint density at radius 3 is 1.86 bits per heavy atom. The molecule has 44 heavy (non-hydrogen) atoms. The molecular formula is C33H34N4O7. The van der Waals surface area contributed by atoms with Crippen molar-refractivity contribution < 1.29 is 33.4 Å². The molecule has 0 saturated heterocycles. The van der Waals surface area contributed by atoms with Gasteiger partial charge in [-0.2, -0.15) is 5.01 Å². The molecule has 11 nitrogen and oxygen atoms in total. The SMILES string of the molecule is CC(C)(C)OC(=O)NCCC[C@H](NC(=O)OCC1c2ccccc2-c2ccccc21)C(=O)NN1C(=O)c2ccccc2C1=O. The zero-order valence-electron chi connectivity index (χ0n) is 24.7. The van der Waals surface area contributed by atoms with Gasteiger partial charge >= 0.3 is 12.2 Å². The third kappa shape index (κ3) is 6.56. The molecule has 0 radical (unpaired) electrons. The van der Waals surface area contributed by atoms with Crippen LogP contribution in [0.2, 0.25) is 0 Å². The van der Waals surface area contributed by atoms with Crippen LogP contribution in [0.3, 0.4) is 0 Å². The molecule has 3 N–H and O–H groups in total. The quantitative estimate of drug-likeness (QED) is 0.243. The van der Waals surface area contributed by atoms with Crippen molar-refractivity contribution >= 4 is 29.9 Å². The molecule has 2 aliphatic rings. The van der Waals surface area contributed by atoms with Crippen molar-refractivity contribution in [2.45, 2.75) is 51.2 Å². The zero-order chi connectivity index (χ0) is 31.4. The van der Waals surface area contributed by atoms with E-state index >= 15 is 0 Å². The number of nitrogens with zero attached hydrogens (tertiary/aromatic N) is 1. The van der Waals surface area contributed by atoms with Gasteiger partial charge in [0, 0.05) is 12.5 Å². The number of rotatable bonds is 9. The van der Waals surface area contributed by atoms with Gasteiger partial charge in [0.2, 0.25) is 0 Å². The summed E-state index contributed by atoms with van der Waals surface area (Å²) in [5, 5.41) is 5.82. The fourth-order valence-corrected chi connectivity index (χ4v) is 5.34. The van der Waals surface area contributed by atoms with Crippen LogP contribution >= 0.6 is 0 Å². The topological polar surface area (TPSA) is 143 Å². The summed E-state index contributed by atoms with van der Waals surface area (Å²) in [4.78, 5) is 64.0. The largest absolute Gasteiger partial charge is 0.449 e. The third-order valence-electron chi connectivity index (χ3n) is 7.31. The summed E-state index contributed by atoms with van der Waals surface area (Å²) in [6, 6.07) is 20.9. The highest BCUT2D eigenvalue weighted by Gasteiger charge is 2.38. The normalized spacial score (nSPS) is 14.3. The summed E-state index contributed by atoms with van der Waals surface area (Å²) < 4.78 is 10.8. The molecule has 1 atom stereocenters. The van der Waals surface area contributed by atoms with Gasteiger partial charge in [-0.15, -0.1) is 0 Å². The molecule has 228 valence electrons. The molecular weight excluding hydrogens is 564 g/mol. The number of fused-ring (bicyclic) bond motifs is 4. The second-order valence-electron chi connectivity index (χ2n) is 11.6. The highest BCUT2D eigenvalue weighted by atomic mass is 16.6. The summed E-state index contributed by atoms with van der Waals surface area (Å²) >= 11 is 0. The maximum absolute atomic E-state index is 13.3. The molecule has 1 aliphatic heterocycles. The minimum absolute atomic E-state index is 0.0345. The van der Waals surface area contributed by atoms with Crippen LogP contribution in [-0.4, -0.2) is 59.7 Å².